The fourth-order valence-electron chi connectivity index (χ4n) is 3.03. The molecule has 8 nitrogen and oxygen atoms in total. The maximum absolute atomic E-state index is 12.8. The van der Waals surface area contributed by atoms with Crippen molar-refractivity contribution in [1.29, 1.82) is 5.26 Å². The highest BCUT2D eigenvalue weighted by atomic mass is 32.1. The second-order valence-electron chi connectivity index (χ2n) is 6.75. The van der Waals surface area contributed by atoms with E-state index in [2.05, 4.69) is 15.5 Å². The van der Waals surface area contributed by atoms with E-state index in [0.29, 0.717) is 22.0 Å². The molecule has 0 bridgehead atoms. The zero-order valence-electron chi connectivity index (χ0n) is 17.9. The van der Waals surface area contributed by atoms with Crippen molar-refractivity contribution in [2.75, 3.05) is 19.5 Å². The fraction of sp³-hybridized carbons (Fsp3) is 0.217. The van der Waals surface area contributed by atoms with Crippen LogP contribution < -0.4 is 10.1 Å². The molecule has 32 heavy (non-hydrogen) atoms. The van der Waals surface area contributed by atoms with Crippen LogP contribution in [-0.2, 0) is 16.0 Å². The van der Waals surface area contributed by atoms with E-state index < -0.39 is 11.9 Å². The molecule has 0 saturated heterocycles. The third kappa shape index (κ3) is 5.04. The molecule has 0 aliphatic rings. The van der Waals surface area contributed by atoms with Crippen molar-refractivity contribution in [1.82, 2.24) is 10.2 Å². The summed E-state index contributed by atoms with van der Waals surface area (Å²) in [6.45, 7) is 2.03. The third-order valence-corrected chi connectivity index (χ3v) is 5.73. The van der Waals surface area contributed by atoms with Gasteiger partial charge in [0.1, 0.15) is 22.4 Å². The van der Waals surface area contributed by atoms with E-state index in [1.165, 1.54) is 30.7 Å². The molecule has 0 radical (unpaired) electrons. The van der Waals surface area contributed by atoms with E-state index in [0.717, 1.165) is 23.3 Å². The number of H-pyrrole nitrogens is 1. The number of nitrogens with zero attached hydrogens (tertiary/aromatic N) is 2. The number of aromatic nitrogens is 2. The number of nitrogens with one attached hydrogen (secondary N) is 2. The molecular weight excluding hydrogens is 428 g/mol. The number of carbonyl (C=O) groups is 2. The van der Waals surface area contributed by atoms with E-state index in [1.807, 2.05) is 25.1 Å². The molecule has 9 heteroatoms. The van der Waals surface area contributed by atoms with Gasteiger partial charge in [-0.05, 0) is 42.8 Å². The summed E-state index contributed by atoms with van der Waals surface area (Å²) >= 11 is 1.30. The van der Waals surface area contributed by atoms with Crippen LogP contribution in [0.25, 0.3) is 17.3 Å². The van der Waals surface area contributed by atoms with Crippen LogP contribution in [0.15, 0.2) is 42.1 Å². The number of carbonyl (C=O) groups excluding carboxylic acids is 2. The number of thiophene rings is 1. The lowest BCUT2D eigenvalue weighted by atomic mass is 10.1. The van der Waals surface area contributed by atoms with Crippen molar-refractivity contribution in [3.05, 3.63) is 58.1 Å². The summed E-state index contributed by atoms with van der Waals surface area (Å²) in [5.41, 5.74) is 2.21. The van der Waals surface area contributed by atoms with E-state index in [9.17, 15) is 14.9 Å². The summed E-state index contributed by atoms with van der Waals surface area (Å²) < 4.78 is 9.99. The Labute approximate surface area is 189 Å². The Bertz CT molecular complexity index is 1190. The largest absolute Gasteiger partial charge is 0.497 e. The van der Waals surface area contributed by atoms with Gasteiger partial charge in [0.2, 0.25) is 0 Å². The highest BCUT2D eigenvalue weighted by molar-refractivity contribution is 7.16. The van der Waals surface area contributed by atoms with Crippen molar-refractivity contribution in [3.63, 3.8) is 0 Å². The molecule has 2 heterocycles. The lowest BCUT2D eigenvalue weighted by Crippen LogP contribution is -2.15. The number of aryl methyl sites for hydroxylation is 1. The highest BCUT2D eigenvalue weighted by Gasteiger charge is 2.20. The first kappa shape index (κ1) is 22.8. The SMILES string of the molecule is CCCc1cc(C(=O)OC)c(NC(=O)/C(C#N)=C/c2cn[nH]c2-c2ccc(OC)cc2)s1. The topological polar surface area (TPSA) is 117 Å². The minimum absolute atomic E-state index is 0.123. The summed E-state index contributed by atoms with van der Waals surface area (Å²) in [4.78, 5) is 25.9. The summed E-state index contributed by atoms with van der Waals surface area (Å²) in [5.74, 6) is -0.454. The van der Waals surface area contributed by atoms with Gasteiger partial charge in [-0.3, -0.25) is 9.89 Å². The summed E-state index contributed by atoms with van der Waals surface area (Å²) in [5, 5.41) is 19.6. The third-order valence-electron chi connectivity index (χ3n) is 4.62. The van der Waals surface area contributed by atoms with Crippen LogP contribution in [0.1, 0.15) is 34.1 Å². The van der Waals surface area contributed by atoms with Gasteiger partial charge in [-0.1, -0.05) is 13.3 Å². The minimum atomic E-state index is -0.621. The highest BCUT2D eigenvalue weighted by Crippen LogP contribution is 2.31. The number of aromatic amines is 1. The van der Waals surface area contributed by atoms with Gasteiger partial charge in [0.05, 0.1) is 31.7 Å². The van der Waals surface area contributed by atoms with Gasteiger partial charge in [-0.2, -0.15) is 10.4 Å². The number of rotatable bonds is 8. The molecule has 0 aliphatic heterocycles. The Kier molecular flexibility index (Phi) is 7.41. The molecule has 3 rings (SSSR count). The summed E-state index contributed by atoms with van der Waals surface area (Å²) in [6.07, 6.45) is 4.66. The van der Waals surface area contributed by atoms with Crippen molar-refractivity contribution in [2.45, 2.75) is 19.8 Å². The van der Waals surface area contributed by atoms with Gasteiger partial charge in [-0.25, -0.2) is 4.79 Å². The van der Waals surface area contributed by atoms with E-state index in [-0.39, 0.29) is 11.1 Å². The second-order valence-corrected chi connectivity index (χ2v) is 7.89. The van der Waals surface area contributed by atoms with Crippen LogP contribution in [0.2, 0.25) is 0 Å². The number of nitriles is 1. The number of ether oxygens (including phenoxy) is 2. The zero-order chi connectivity index (χ0) is 23.1. The molecular formula is C23H22N4O4S. The van der Waals surface area contributed by atoms with Crippen LogP contribution in [0, 0.1) is 11.3 Å². The van der Waals surface area contributed by atoms with Gasteiger partial charge in [0.15, 0.2) is 0 Å². The number of hydrogen-bond donors (Lipinski definition) is 2. The van der Waals surface area contributed by atoms with Crippen LogP contribution in [-0.4, -0.2) is 36.3 Å². The first-order valence-electron chi connectivity index (χ1n) is 9.82. The van der Waals surface area contributed by atoms with E-state index in [4.69, 9.17) is 9.47 Å². The zero-order valence-corrected chi connectivity index (χ0v) is 18.7. The average Bonchev–Trinajstić information content (AvgIpc) is 3.44. The van der Waals surface area contributed by atoms with Gasteiger partial charge in [0, 0.05) is 16.0 Å². The molecule has 0 aliphatic carbocycles. The smallest absolute Gasteiger partial charge is 0.340 e. The monoisotopic (exact) mass is 450 g/mol. The Morgan fingerprint density at radius 1 is 1.28 bits per heavy atom. The molecule has 0 atom stereocenters. The molecule has 1 aromatic carbocycles. The summed E-state index contributed by atoms with van der Waals surface area (Å²) in [6, 6.07) is 10.9. The lowest BCUT2D eigenvalue weighted by Gasteiger charge is -2.05. The molecule has 3 aromatic rings. The average molecular weight is 451 g/mol. The number of benzene rings is 1. The molecule has 164 valence electrons. The van der Waals surface area contributed by atoms with E-state index in [1.54, 1.807) is 25.3 Å². The van der Waals surface area contributed by atoms with E-state index >= 15 is 0 Å². The molecule has 0 saturated carbocycles. The second kappa shape index (κ2) is 10.4. The Balaban J connectivity index is 1.89. The van der Waals surface area contributed by atoms with Crippen molar-refractivity contribution < 1.29 is 19.1 Å². The van der Waals surface area contributed by atoms with Crippen LogP contribution in [0.3, 0.4) is 0 Å². The van der Waals surface area contributed by atoms with Gasteiger partial charge in [0.25, 0.3) is 5.91 Å². The number of amides is 1. The fourth-order valence-corrected chi connectivity index (χ4v) is 4.18. The quantitative estimate of drug-likeness (QED) is 0.298. The number of esters is 1. The lowest BCUT2D eigenvalue weighted by molar-refractivity contribution is -0.112. The van der Waals surface area contributed by atoms with Crippen molar-refractivity contribution in [3.8, 4) is 23.1 Å². The van der Waals surface area contributed by atoms with Gasteiger partial charge >= 0.3 is 5.97 Å². The number of methoxy groups -OCH3 is 2. The maximum Gasteiger partial charge on any atom is 0.340 e. The molecule has 2 aromatic heterocycles. The van der Waals surface area contributed by atoms with Crippen LogP contribution >= 0.6 is 11.3 Å². The Morgan fingerprint density at radius 3 is 2.66 bits per heavy atom. The maximum atomic E-state index is 12.8. The van der Waals surface area contributed by atoms with Crippen LogP contribution in [0.5, 0.6) is 5.75 Å². The molecule has 0 unspecified atom stereocenters. The Morgan fingerprint density at radius 2 is 2.03 bits per heavy atom. The van der Waals surface area contributed by atoms with Crippen LogP contribution in [0.4, 0.5) is 5.00 Å². The Hall–Kier alpha value is -3.90. The molecule has 1 amide bonds. The summed E-state index contributed by atoms with van der Waals surface area (Å²) in [7, 11) is 2.87. The predicted octanol–water partition coefficient (Wildman–Crippen LogP) is 4.43. The first-order valence-corrected chi connectivity index (χ1v) is 10.6. The van der Waals surface area contributed by atoms with Crippen molar-refractivity contribution in [2.24, 2.45) is 0 Å². The number of anilines is 1. The molecule has 2 N–H and O–H groups in total. The molecule has 0 spiro atoms. The first-order chi connectivity index (χ1) is 15.5. The van der Waals surface area contributed by atoms with Gasteiger partial charge in [-0.15, -0.1) is 11.3 Å². The normalized spacial score (nSPS) is 11.0. The van der Waals surface area contributed by atoms with Crippen molar-refractivity contribution >= 4 is 34.3 Å². The number of hydrogen-bond acceptors (Lipinski definition) is 7. The standard InChI is InChI=1S/C23H22N4O4S/c1-4-5-18-11-19(23(29)31-3)22(32-18)26-21(28)15(12-24)10-16-13-25-27-20(16)14-6-8-17(30-2)9-7-14/h6-11,13H,4-5H2,1-3H3,(H,25,27)(H,26,28)/b15-10+. The minimum Gasteiger partial charge on any atom is -0.497 e. The van der Waals surface area contributed by atoms with Gasteiger partial charge < -0.3 is 14.8 Å². The molecule has 0 fully saturated rings. The predicted molar refractivity (Wildman–Crippen MR) is 122 cm³/mol.